The molecule has 3 heterocycles. The molecule has 11 nitrogen and oxygen atoms in total. The average molecular weight is 517 g/mol. The zero-order valence-corrected chi connectivity index (χ0v) is 20.5. The van der Waals surface area contributed by atoms with Gasteiger partial charge in [-0.2, -0.15) is 4.98 Å². The van der Waals surface area contributed by atoms with Gasteiger partial charge in [-0.1, -0.05) is 0 Å². The van der Waals surface area contributed by atoms with Crippen molar-refractivity contribution in [1.82, 2.24) is 14.8 Å². The molecule has 0 bridgehead atoms. The zero-order chi connectivity index (χ0) is 25.9. The van der Waals surface area contributed by atoms with Crippen molar-refractivity contribution in [3.63, 3.8) is 0 Å². The van der Waals surface area contributed by atoms with Gasteiger partial charge < -0.3 is 33.7 Å². The Morgan fingerprint density at radius 3 is 2.37 bits per heavy atom. The van der Waals surface area contributed by atoms with E-state index in [2.05, 4.69) is 15.4 Å². The number of hydrogen-bond donors (Lipinski definition) is 1. The maximum Gasteiger partial charge on any atom is 0.336 e. The van der Waals surface area contributed by atoms with Crippen LogP contribution in [-0.2, 0) is 4.74 Å². The van der Waals surface area contributed by atoms with Crippen LogP contribution in [0.4, 0.5) is 5.69 Å². The molecule has 0 atom stereocenters. The Morgan fingerprint density at radius 2 is 1.61 bits per heavy atom. The minimum absolute atomic E-state index is 0.150. The van der Waals surface area contributed by atoms with Gasteiger partial charge in [0.2, 0.25) is 13.6 Å². The van der Waals surface area contributed by atoms with Crippen molar-refractivity contribution >= 4 is 11.6 Å². The fourth-order valence-corrected chi connectivity index (χ4v) is 4.02. The maximum absolute atomic E-state index is 12.8. The molecule has 0 aliphatic carbocycles. The predicted molar refractivity (Wildman–Crippen MR) is 135 cm³/mol. The number of aromatic nitrogens is 3. The van der Waals surface area contributed by atoms with Gasteiger partial charge >= 0.3 is 6.01 Å². The van der Waals surface area contributed by atoms with Gasteiger partial charge in [0.1, 0.15) is 6.61 Å². The van der Waals surface area contributed by atoms with E-state index in [-0.39, 0.29) is 25.5 Å². The van der Waals surface area contributed by atoms with Gasteiger partial charge in [-0.3, -0.25) is 4.79 Å². The summed E-state index contributed by atoms with van der Waals surface area (Å²) >= 11 is 0. The zero-order valence-electron chi connectivity index (χ0n) is 20.5. The van der Waals surface area contributed by atoms with Gasteiger partial charge in [0.05, 0.1) is 12.3 Å². The van der Waals surface area contributed by atoms with Crippen LogP contribution in [-0.4, -0.2) is 54.1 Å². The Morgan fingerprint density at radius 1 is 0.895 bits per heavy atom. The first-order valence-electron chi connectivity index (χ1n) is 12.1. The molecule has 2 aliphatic rings. The van der Waals surface area contributed by atoms with Crippen LogP contribution in [0.3, 0.4) is 0 Å². The van der Waals surface area contributed by atoms with Crippen molar-refractivity contribution in [2.45, 2.75) is 6.92 Å². The summed E-state index contributed by atoms with van der Waals surface area (Å²) in [5.74, 6) is 2.79. The molecule has 194 valence electrons. The second-order valence-electron chi connectivity index (χ2n) is 8.31. The summed E-state index contributed by atoms with van der Waals surface area (Å²) in [7, 11) is 0. The minimum atomic E-state index is -0.261. The van der Waals surface area contributed by atoms with E-state index < -0.39 is 0 Å². The highest BCUT2D eigenvalue weighted by atomic mass is 16.7. The van der Waals surface area contributed by atoms with Crippen LogP contribution in [0.5, 0.6) is 29.0 Å². The van der Waals surface area contributed by atoms with Crippen LogP contribution in [0.25, 0.3) is 17.1 Å². The third-order valence-electron chi connectivity index (χ3n) is 5.89. The standard InChI is InChI=1S/C27H24N4O7/c1-2-33-11-12-34-27-29-25(17-3-9-21-23(13-17)37-15-35-21)31(30-27)20-7-5-19(6-8-20)28-26(32)18-4-10-22-24(14-18)38-16-36-22/h3-10,13-14H,2,11-12,15-16H2,1H3,(H,28,32). The van der Waals surface area contributed by atoms with E-state index in [0.717, 1.165) is 11.3 Å². The Bertz CT molecular complexity index is 1470. The molecule has 0 unspecified atom stereocenters. The lowest BCUT2D eigenvalue weighted by molar-refractivity contribution is 0.102. The van der Waals surface area contributed by atoms with E-state index in [1.165, 1.54) is 0 Å². The molecular weight excluding hydrogens is 492 g/mol. The van der Waals surface area contributed by atoms with Crippen molar-refractivity contribution < 1.29 is 33.2 Å². The molecule has 0 saturated heterocycles. The average Bonchev–Trinajstić information content (AvgIpc) is 3.70. The molecule has 0 fully saturated rings. The molecule has 6 rings (SSSR count). The first-order valence-corrected chi connectivity index (χ1v) is 12.1. The molecule has 4 aromatic rings. The minimum Gasteiger partial charge on any atom is -0.460 e. The molecule has 1 N–H and O–H groups in total. The number of benzene rings is 3. The van der Waals surface area contributed by atoms with Crippen molar-refractivity contribution in [3.8, 4) is 46.1 Å². The molecule has 1 amide bonds. The van der Waals surface area contributed by atoms with Crippen LogP contribution in [0, 0.1) is 0 Å². The molecule has 1 aromatic heterocycles. The molecule has 0 spiro atoms. The largest absolute Gasteiger partial charge is 0.460 e. The van der Waals surface area contributed by atoms with E-state index in [4.69, 9.17) is 28.4 Å². The third kappa shape index (κ3) is 4.78. The summed E-state index contributed by atoms with van der Waals surface area (Å²) in [4.78, 5) is 17.4. The number of nitrogens with one attached hydrogen (secondary N) is 1. The first-order chi connectivity index (χ1) is 18.7. The fourth-order valence-electron chi connectivity index (χ4n) is 4.02. The van der Waals surface area contributed by atoms with Gasteiger partial charge in [0.15, 0.2) is 28.8 Å². The van der Waals surface area contributed by atoms with Gasteiger partial charge in [-0.05, 0) is 67.6 Å². The summed E-state index contributed by atoms with van der Waals surface area (Å²) in [5.41, 5.74) is 2.59. The molecule has 3 aromatic carbocycles. The number of ether oxygens (including phenoxy) is 6. The quantitative estimate of drug-likeness (QED) is 0.329. The second kappa shape index (κ2) is 10.3. The molecule has 2 aliphatic heterocycles. The highest BCUT2D eigenvalue weighted by Crippen LogP contribution is 2.36. The third-order valence-corrected chi connectivity index (χ3v) is 5.89. The van der Waals surface area contributed by atoms with Crippen LogP contribution < -0.4 is 29.0 Å². The summed E-state index contributed by atoms with van der Waals surface area (Å²) in [6, 6.07) is 18.1. The number of rotatable bonds is 9. The smallest absolute Gasteiger partial charge is 0.336 e. The van der Waals surface area contributed by atoms with Crippen LogP contribution >= 0.6 is 0 Å². The summed E-state index contributed by atoms with van der Waals surface area (Å²) in [6.07, 6.45) is 0. The Balaban J connectivity index is 1.24. The Labute approximate surface area is 217 Å². The number of fused-ring (bicyclic) bond motifs is 2. The number of amides is 1. The Hall–Kier alpha value is -4.77. The molecular formula is C27H24N4O7. The lowest BCUT2D eigenvalue weighted by atomic mass is 10.1. The van der Waals surface area contributed by atoms with Crippen LogP contribution in [0.15, 0.2) is 60.7 Å². The van der Waals surface area contributed by atoms with Crippen molar-refractivity contribution in [1.29, 1.82) is 0 Å². The summed E-state index contributed by atoms with van der Waals surface area (Å²) < 4.78 is 34.4. The first kappa shape index (κ1) is 23.6. The Kier molecular flexibility index (Phi) is 6.40. The van der Waals surface area contributed by atoms with Crippen molar-refractivity contribution in [3.05, 3.63) is 66.2 Å². The number of carbonyl (C=O) groups is 1. The lowest BCUT2D eigenvalue weighted by Gasteiger charge is -2.09. The topological polar surface area (TPSA) is 115 Å². The van der Waals surface area contributed by atoms with Crippen molar-refractivity contribution in [2.75, 3.05) is 38.7 Å². The van der Waals surface area contributed by atoms with E-state index in [1.54, 1.807) is 35.0 Å². The van der Waals surface area contributed by atoms with Gasteiger partial charge in [-0.15, -0.1) is 5.10 Å². The van der Waals surface area contributed by atoms with Gasteiger partial charge in [0, 0.05) is 23.4 Å². The highest BCUT2D eigenvalue weighted by molar-refractivity contribution is 6.04. The SMILES string of the molecule is CCOCCOc1nc(-c2ccc3c(c2)OCO3)n(-c2ccc(NC(=O)c3ccc4c(c3)OCO4)cc2)n1. The highest BCUT2D eigenvalue weighted by Gasteiger charge is 2.20. The molecule has 11 heteroatoms. The van der Waals surface area contributed by atoms with Crippen molar-refractivity contribution in [2.24, 2.45) is 0 Å². The number of anilines is 1. The van der Waals surface area contributed by atoms with Gasteiger partial charge in [0.25, 0.3) is 5.91 Å². The van der Waals surface area contributed by atoms with Crippen LogP contribution in [0.2, 0.25) is 0 Å². The molecule has 38 heavy (non-hydrogen) atoms. The van der Waals surface area contributed by atoms with Crippen LogP contribution in [0.1, 0.15) is 17.3 Å². The lowest BCUT2D eigenvalue weighted by Crippen LogP contribution is -2.12. The van der Waals surface area contributed by atoms with E-state index in [1.807, 2.05) is 37.3 Å². The summed E-state index contributed by atoms with van der Waals surface area (Å²) in [5, 5.41) is 7.46. The monoisotopic (exact) mass is 516 g/mol. The van der Waals surface area contributed by atoms with Gasteiger partial charge in [-0.25, -0.2) is 4.68 Å². The number of hydrogen-bond acceptors (Lipinski definition) is 9. The van der Waals surface area contributed by atoms with E-state index in [9.17, 15) is 4.79 Å². The van der Waals surface area contributed by atoms with E-state index in [0.29, 0.717) is 59.9 Å². The maximum atomic E-state index is 12.8. The molecule has 0 saturated carbocycles. The number of nitrogens with zero attached hydrogens (tertiary/aromatic N) is 3. The predicted octanol–water partition coefficient (Wildman–Crippen LogP) is 4.06. The van der Waals surface area contributed by atoms with E-state index >= 15 is 0 Å². The summed E-state index contributed by atoms with van der Waals surface area (Å²) in [6.45, 7) is 3.61. The normalized spacial score (nSPS) is 13.0. The molecule has 0 radical (unpaired) electrons. The fraction of sp³-hybridized carbons (Fsp3) is 0.222. The number of carbonyl (C=O) groups excluding carboxylic acids is 1. The second-order valence-corrected chi connectivity index (χ2v) is 8.31.